The number of carbonyl (C=O) groups is 1. The zero-order chi connectivity index (χ0) is 14.6. The molecular formula is C14H22N4O2. The van der Waals surface area contributed by atoms with Gasteiger partial charge in [0.2, 0.25) is 0 Å². The van der Waals surface area contributed by atoms with E-state index in [0.717, 1.165) is 31.7 Å². The van der Waals surface area contributed by atoms with Gasteiger partial charge in [-0.1, -0.05) is 0 Å². The predicted molar refractivity (Wildman–Crippen MR) is 76.6 cm³/mol. The molecule has 0 spiro atoms. The fraction of sp³-hybridized carbons (Fsp3) is 0.643. The van der Waals surface area contributed by atoms with E-state index in [2.05, 4.69) is 20.2 Å². The summed E-state index contributed by atoms with van der Waals surface area (Å²) in [5.74, 6) is 0.892. The summed E-state index contributed by atoms with van der Waals surface area (Å²) < 4.78 is 5.27. The molecule has 1 amide bonds. The van der Waals surface area contributed by atoms with Crippen molar-refractivity contribution >= 4 is 11.9 Å². The SMILES string of the molecule is CC(C)(C)OC(=O)NC1CCN(c2cnccn2)CC1. The van der Waals surface area contributed by atoms with E-state index in [4.69, 9.17) is 4.74 Å². The number of hydrogen-bond acceptors (Lipinski definition) is 5. The molecule has 0 saturated carbocycles. The summed E-state index contributed by atoms with van der Waals surface area (Å²) in [6.07, 6.45) is 6.56. The maximum atomic E-state index is 11.7. The number of nitrogens with one attached hydrogen (secondary N) is 1. The van der Waals surface area contributed by atoms with Gasteiger partial charge in [0.1, 0.15) is 11.4 Å². The first-order chi connectivity index (χ1) is 9.44. The third-order valence-electron chi connectivity index (χ3n) is 3.09. The highest BCUT2D eigenvalue weighted by Crippen LogP contribution is 2.17. The Hall–Kier alpha value is -1.85. The van der Waals surface area contributed by atoms with Crippen LogP contribution in [0.5, 0.6) is 0 Å². The highest BCUT2D eigenvalue weighted by molar-refractivity contribution is 5.68. The normalized spacial score (nSPS) is 16.9. The van der Waals surface area contributed by atoms with Gasteiger partial charge in [0.15, 0.2) is 0 Å². The second-order valence-electron chi connectivity index (χ2n) is 5.97. The molecule has 0 aliphatic carbocycles. The molecule has 1 fully saturated rings. The lowest BCUT2D eigenvalue weighted by molar-refractivity contribution is 0.0497. The Bertz CT molecular complexity index is 436. The fourth-order valence-corrected chi connectivity index (χ4v) is 2.18. The minimum Gasteiger partial charge on any atom is -0.444 e. The average Bonchev–Trinajstić information content (AvgIpc) is 2.38. The van der Waals surface area contributed by atoms with Crippen molar-refractivity contribution in [2.75, 3.05) is 18.0 Å². The zero-order valence-electron chi connectivity index (χ0n) is 12.3. The monoisotopic (exact) mass is 278 g/mol. The summed E-state index contributed by atoms with van der Waals surface area (Å²) in [5.41, 5.74) is -0.454. The van der Waals surface area contributed by atoms with E-state index >= 15 is 0 Å². The summed E-state index contributed by atoms with van der Waals surface area (Å²) in [5, 5.41) is 2.92. The quantitative estimate of drug-likeness (QED) is 0.896. The van der Waals surface area contributed by atoms with Crippen molar-refractivity contribution in [3.8, 4) is 0 Å². The first-order valence-corrected chi connectivity index (χ1v) is 6.94. The van der Waals surface area contributed by atoms with Gasteiger partial charge < -0.3 is 15.0 Å². The molecule has 0 radical (unpaired) electrons. The summed E-state index contributed by atoms with van der Waals surface area (Å²) >= 11 is 0. The summed E-state index contributed by atoms with van der Waals surface area (Å²) in [7, 11) is 0. The number of carbonyl (C=O) groups excluding carboxylic acids is 1. The van der Waals surface area contributed by atoms with Crippen LogP contribution >= 0.6 is 0 Å². The molecule has 1 saturated heterocycles. The van der Waals surface area contributed by atoms with Gasteiger partial charge in [-0.05, 0) is 33.6 Å². The number of ether oxygens (including phenoxy) is 1. The summed E-state index contributed by atoms with van der Waals surface area (Å²) in [6.45, 7) is 7.31. The van der Waals surface area contributed by atoms with Crippen LogP contribution in [0.25, 0.3) is 0 Å². The van der Waals surface area contributed by atoms with Gasteiger partial charge in [0, 0.05) is 31.5 Å². The molecule has 0 atom stereocenters. The molecule has 110 valence electrons. The Morgan fingerprint density at radius 2 is 2.05 bits per heavy atom. The fourth-order valence-electron chi connectivity index (χ4n) is 2.18. The Labute approximate surface area is 119 Å². The number of piperidine rings is 1. The lowest BCUT2D eigenvalue weighted by atomic mass is 10.1. The van der Waals surface area contributed by atoms with Crippen molar-refractivity contribution in [3.63, 3.8) is 0 Å². The van der Waals surface area contributed by atoms with Crippen LogP contribution in [0.1, 0.15) is 33.6 Å². The van der Waals surface area contributed by atoms with E-state index in [1.54, 1.807) is 18.6 Å². The predicted octanol–water partition coefficient (Wildman–Crippen LogP) is 1.97. The Kier molecular flexibility index (Phi) is 4.42. The molecule has 6 heteroatoms. The second-order valence-corrected chi connectivity index (χ2v) is 5.97. The van der Waals surface area contributed by atoms with E-state index in [9.17, 15) is 4.79 Å². The van der Waals surface area contributed by atoms with Gasteiger partial charge in [-0.25, -0.2) is 9.78 Å². The van der Waals surface area contributed by atoms with E-state index in [1.165, 1.54) is 0 Å². The molecule has 1 aliphatic rings. The highest BCUT2D eigenvalue weighted by atomic mass is 16.6. The van der Waals surface area contributed by atoms with Crippen LogP contribution in [-0.2, 0) is 4.74 Å². The molecular weight excluding hydrogens is 256 g/mol. The smallest absolute Gasteiger partial charge is 0.407 e. The van der Waals surface area contributed by atoms with Gasteiger partial charge in [0.05, 0.1) is 6.20 Å². The molecule has 0 aromatic carbocycles. The Morgan fingerprint density at radius 3 is 2.60 bits per heavy atom. The first kappa shape index (κ1) is 14.6. The van der Waals surface area contributed by atoms with Gasteiger partial charge >= 0.3 is 6.09 Å². The number of rotatable bonds is 2. The lowest BCUT2D eigenvalue weighted by Crippen LogP contribution is -2.46. The Morgan fingerprint density at radius 1 is 1.35 bits per heavy atom. The second kappa shape index (κ2) is 6.07. The zero-order valence-corrected chi connectivity index (χ0v) is 12.3. The lowest BCUT2D eigenvalue weighted by Gasteiger charge is -2.33. The number of anilines is 1. The van der Waals surface area contributed by atoms with Gasteiger partial charge in [-0.3, -0.25) is 4.98 Å². The highest BCUT2D eigenvalue weighted by Gasteiger charge is 2.24. The average molecular weight is 278 g/mol. The van der Waals surface area contributed by atoms with Crippen molar-refractivity contribution in [1.82, 2.24) is 15.3 Å². The molecule has 0 bridgehead atoms. The van der Waals surface area contributed by atoms with Crippen molar-refractivity contribution in [2.24, 2.45) is 0 Å². The molecule has 2 rings (SSSR count). The van der Waals surface area contributed by atoms with Crippen LogP contribution in [0.4, 0.5) is 10.6 Å². The number of nitrogens with zero attached hydrogens (tertiary/aromatic N) is 3. The van der Waals surface area contributed by atoms with Crippen LogP contribution in [0.15, 0.2) is 18.6 Å². The van der Waals surface area contributed by atoms with Crippen LogP contribution in [0.3, 0.4) is 0 Å². The van der Waals surface area contributed by atoms with E-state index < -0.39 is 5.60 Å². The van der Waals surface area contributed by atoms with Crippen LogP contribution in [-0.4, -0.2) is 40.8 Å². The summed E-state index contributed by atoms with van der Waals surface area (Å²) in [4.78, 5) is 22.3. The van der Waals surface area contributed by atoms with E-state index in [-0.39, 0.29) is 12.1 Å². The maximum absolute atomic E-state index is 11.7. The minimum atomic E-state index is -0.454. The molecule has 2 heterocycles. The van der Waals surface area contributed by atoms with E-state index in [1.807, 2.05) is 20.8 Å². The van der Waals surface area contributed by atoms with Crippen molar-refractivity contribution in [1.29, 1.82) is 0 Å². The van der Waals surface area contributed by atoms with Crippen LogP contribution in [0.2, 0.25) is 0 Å². The van der Waals surface area contributed by atoms with Gasteiger partial charge in [0.25, 0.3) is 0 Å². The van der Waals surface area contributed by atoms with Gasteiger partial charge in [-0.2, -0.15) is 0 Å². The van der Waals surface area contributed by atoms with Crippen molar-refractivity contribution in [2.45, 2.75) is 45.3 Å². The molecule has 20 heavy (non-hydrogen) atoms. The summed E-state index contributed by atoms with van der Waals surface area (Å²) in [6, 6.07) is 0.165. The largest absolute Gasteiger partial charge is 0.444 e. The molecule has 0 unspecified atom stereocenters. The van der Waals surface area contributed by atoms with E-state index in [0.29, 0.717) is 0 Å². The molecule has 1 aromatic heterocycles. The maximum Gasteiger partial charge on any atom is 0.407 e. The number of amides is 1. The minimum absolute atomic E-state index is 0.165. The van der Waals surface area contributed by atoms with Crippen molar-refractivity contribution in [3.05, 3.63) is 18.6 Å². The van der Waals surface area contributed by atoms with Crippen LogP contribution < -0.4 is 10.2 Å². The third-order valence-corrected chi connectivity index (χ3v) is 3.09. The number of aromatic nitrogens is 2. The topological polar surface area (TPSA) is 67.3 Å². The van der Waals surface area contributed by atoms with Gasteiger partial charge in [-0.15, -0.1) is 0 Å². The van der Waals surface area contributed by atoms with Crippen LogP contribution in [0, 0.1) is 0 Å². The molecule has 6 nitrogen and oxygen atoms in total. The third kappa shape index (κ3) is 4.36. The first-order valence-electron chi connectivity index (χ1n) is 6.94. The molecule has 1 aliphatic heterocycles. The molecule has 1 aromatic rings. The standard InChI is InChI=1S/C14H22N4O2/c1-14(2,3)20-13(19)17-11-4-8-18(9-5-11)12-10-15-6-7-16-12/h6-7,10-11H,4-5,8-9H2,1-3H3,(H,17,19). The number of hydrogen-bond donors (Lipinski definition) is 1. The van der Waals surface area contributed by atoms with Crippen molar-refractivity contribution < 1.29 is 9.53 Å². The number of alkyl carbamates (subject to hydrolysis) is 1. The Balaban J connectivity index is 1.79. The molecule has 1 N–H and O–H groups in total.